The van der Waals surface area contributed by atoms with Crippen molar-refractivity contribution in [2.24, 2.45) is 7.05 Å². The lowest BCUT2D eigenvalue weighted by atomic mass is 10.1. The van der Waals surface area contributed by atoms with E-state index in [-0.39, 0.29) is 5.92 Å². The maximum Gasteiger partial charge on any atom is 0.337 e. The number of hydrogen-bond acceptors (Lipinski definition) is 1. The molecule has 0 aliphatic carbocycles. The first-order valence-electron chi connectivity index (χ1n) is 6.97. The fourth-order valence-electron chi connectivity index (χ4n) is 2.68. The van der Waals surface area contributed by atoms with Gasteiger partial charge in [0.05, 0.1) is 5.56 Å². The molecule has 0 amide bonds. The predicted octanol–water partition coefficient (Wildman–Crippen LogP) is 4.08. The molecular formula is C17H21NO2. The van der Waals surface area contributed by atoms with Crippen LogP contribution >= 0.6 is 0 Å². The number of hydrogen-bond donors (Lipinski definition) is 1. The highest BCUT2D eigenvalue weighted by Gasteiger charge is 2.20. The summed E-state index contributed by atoms with van der Waals surface area (Å²) < 4.78 is 2.00. The Bertz CT molecular complexity index is 621. The van der Waals surface area contributed by atoms with Crippen LogP contribution in [0.5, 0.6) is 0 Å². The summed E-state index contributed by atoms with van der Waals surface area (Å²) in [5.41, 5.74) is 4.56. The molecule has 2 rings (SSSR count). The second-order valence-corrected chi connectivity index (χ2v) is 5.40. The van der Waals surface area contributed by atoms with Gasteiger partial charge in [-0.25, -0.2) is 4.79 Å². The molecule has 0 unspecified atom stereocenters. The normalized spacial score (nSPS) is 11.1. The van der Waals surface area contributed by atoms with Crippen molar-refractivity contribution in [3.63, 3.8) is 0 Å². The Morgan fingerprint density at radius 3 is 2.25 bits per heavy atom. The van der Waals surface area contributed by atoms with Crippen molar-refractivity contribution in [1.82, 2.24) is 4.57 Å². The molecule has 0 saturated heterocycles. The largest absolute Gasteiger partial charge is 0.478 e. The van der Waals surface area contributed by atoms with Crippen molar-refractivity contribution in [1.29, 1.82) is 0 Å². The minimum absolute atomic E-state index is 0.176. The smallest absolute Gasteiger partial charge is 0.337 e. The molecule has 0 saturated carbocycles. The van der Waals surface area contributed by atoms with Gasteiger partial charge < -0.3 is 9.67 Å². The number of nitrogens with zero attached hydrogens (tertiary/aromatic N) is 1. The van der Waals surface area contributed by atoms with E-state index in [1.807, 2.05) is 25.5 Å². The summed E-state index contributed by atoms with van der Waals surface area (Å²) in [7, 11) is 1.94. The van der Waals surface area contributed by atoms with E-state index in [2.05, 4.69) is 31.2 Å². The van der Waals surface area contributed by atoms with Gasteiger partial charge in [-0.1, -0.05) is 45.0 Å². The third-order valence-corrected chi connectivity index (χ3v) is 3.71. The summed E-state index contributed by atoms with van der Waals surface area (Å²) in [5, 5.41) is 9.37. The van der Waals surface area contributed by atoms with E-state index in [9.17, 15) is 9.90 Å². The minimum atomic E-state index is -0.860. The van der Waals surface area contributed by atoms with Crippen molar-refractivity contribution in [3.05, 3.63) is 47.2 Å². The Labute approximate surface area is 119 Å². The summed E-state index contributed by atoms with van der Waals surface area (Å²) in [5.74, 6) is -0.685. The second-order valence-electron chi connectivity index (χ2n) is 5.40. The summed E-state index contributed by atoms with van der Waals surface area (Å²) in [4.78, 5) is 11.4. The summed E-state index contributed by atoms with van der Waals surface area (Å²) in [6, 6.07) is 10.1. The Balaban J connectivity index is 2.56. The number of carbonyl (C=O) groups is 1. The maximum atomic E-state index is 11.4. The number of aryl methyl sites for hydroxylation is 1. The van der Waals surface area contributed by atoms with Gasteiger partial charge >= 0.3 is 5.97 Å². The van der Waals surface area contributed by atoms with Gasteiger partial charge in [-0.3, -0.25) is 0 Å². The zero-order valence-electron chi connectivity index (χ0n) is 12.5. The average Bonchev–Trinajstić information content (AvgIpc) is 2.77. The van der Waals surface area contributed by atoms with Crippen LogP contribution in [-0.2, 0) is 13.5 Å². The van der Waals surface area contributed by atoms with Crippen LogP contribution in [0.4, 0.5) is 0 Å². The van der Waals surface area contributed by atoms with Gasteiger partial charge in [0.2, 0.25) is 0 Å². The van der Waals surface area contributed by atoms with Crippen LogP contribution in [0.25, 0.3) is 11.3 Å². The van der Waals surface area contributed by atoms with E-state index in [1.165, 1.54) is 5.56 Å². The molecule has 3 heteroatoms. The van der Waals surface area contributed by atoms with Crippen LogP contribution in [0.2, 0.25) is 0 Å². The standard InChI is InChI=1S/C17H21NO2/c1-5-12-6-8-13(9-7-12)15-10-14(17(19)20)16(11(2)3)18(15)4/h6-11H,5H2,1-4H3,(H,19,20). The molecule has 0 aliphatic heterocycles. The molecule has 0 aliphatic rings. The Kier molecular flexibility index (Phi) is 3.98. The van der Waals surface area contributed by atoms with Crippen LogP contribution in [0.3, 0.4) is 0 Å². The number of aromatic carboxylic acids is 1. The highest BCUT2D eigenvalue weighted by molar-refractivity contribution is 5.91. The fourth-order valence-corrected chi connectivity index (χ4v) is 2.68. The molecule has 20 heavy (non-hydrogen) atoms. The van der Waals surface area contributed by atoms with Gasteiger partial charge in [-0.2, -0.15) is 0 Å². The van der Waals surface area contributed by atoms with Crippen LogP contribution in [0.1, 0.15) is 48.3 Å². The van der Waals surface area contributed by atoms with Crippen LogP contribution < -0.4 is 0 Å². The molecular weight excluding hydrogens is 250 g/mol. The third kappa shape index (κ3) is 2.48. The van der Waals surface area contributed by atoms with Crippen LogP contribution in [-0.4, -0.2) is 15.6 Å². The van der Waals surface area contributed by atoms with E-state index < -0.39 is 5.97 Å². The fraction of sp³-hybridized carbons (Fsp3) is 0.353. The second kappa shape index (κ2) is 5.53. The first kappa shape index (κ1) is 14.4. The summed E-state index contributed by atoms with van der Waals surface area (Å²) in [6.45, 7) is 6.16. The third-order valence-electron chi connectivity index (χ3n) is 3.71. The molecule has 106 valence electrons. The number of aromatic nitrogens is 1. The van der Waals surface area contributed by atoms with Crippen molar-refractivity contribution < 1.29 is 9.90 Å². The molecule has 3 nitrogen and oxygen atoms in total. The Morgan fingerprint density at radius 2 is 1.85 bits per heavy atom. The van der Waals surface area contributed by atoms with Gasteiger partial charge in [0.25, 0.3) is 0 Å². The lowest BCUT2D eigenvalue weighted by Gasteiger charge is -2.11. The van der Waals surface area contributed by atoms with Crippen molar-refractivity contribution in [3.8, 4) is 11.3 Å². The molecule has 0 radical (unpaired) electrons. The molecule has 1 heterocycles. The lowest BCUT2D eigenvalue weighted by Crippen LogP contribution is -2.06. The van der Waals surface area contributed by atoms with Gasteiger partial charge in [0.15, 0.2) is 0 Å². The first-order valence-corrected chi connectivity index (χ1v) is 6.97. The van der Waals surface area contributed by atoms with Crippen molar-refractivity contribution in [2.45, 2.75) is 33.1 Å². The zero-order chi connectivity index (χ0) is 14.9. The van der Waals surface area contributed by atoms with E-state index in [1.54, 1.807) is 6.07 Å². The van der Waals surface area contributed by atoms with Gasteiger partial charge in [-0.15, -0.1) is 0 Å². The number of benzene rings is 1. The van der Waals surface area contributed by atoms with Crippen molar-refractivity contribution >= 4 is 5.97 Å². The topological polar surface area (TPSA) is 42.2 Å². The van der Waals surface area contributed by atoms with E-state index in [0.29, 0.717) is 5.56 Å². The minimum Gasteiger partial charge on any atom is -0.478 e. The maximum absolute atomic E-state index is 11.4. The number of carboxylic acids is 1. The van der Waals surface area contributed by atoms with Gasteiger partial charge in [-0.05, 0) is 29.5 Å². The Hall–Kier alpha value is -2.03. The predicted molar refractivity (Wildman–Crippen MR) is 81.3 cm³/mol. The molecule has 0 spiro atoms. The number of rotatable bonds is 4. The molecule has 1 aromatic carbocycles. The molecule has 0 fully saturated rings. The number of carboxylic acid groups (broad SMARTS) is 1. The summed E-state index contributed by atoms with van der Waals surface area (Å²) in [6.07, 6.45) is 1.00. The quantitative estimate of drug-likeness (QED) is 0.910. The van der Waals surface area contributed by atoms with E-state index in [4.69, 9.17) is 0 Å². The molecule has 0 atom stereocenters. The monoisotopic (exact) mass is 271 g/mol. The average molecular weight is 271 g/mol. The van der Waals surface area contributed by atoms with Gasteiger partial charge in [0.1, 0.15) is 0 Å². The van der Waals surface area contributed by atoms with E-state index >= 15 is 0 Å². The zero-order valence-corrected chi connectivity index (χ0v) is 12.5. The summed E-state index contributed by atoms with van der Waals surface area (Å²) >= 11 is 0. The SMILES string of the molecule is CCc1ccc(-c2cc(C(=O)O)c(C(C)C)n2C)cc1. The molecule has 1 aromatic heterocycles. The van der Waals surface area contributed by atoms with Crippen LogP contribution in [0.15, 0.2) is 30.3 Å². The van der Waals surface area contributed by atoms with Crippen LogP contribution in [0, 0.1) is 0 Å². The van der Waals surface area contributed by atoms with E-state index in [0.717, 1.165) is 23.4 Å². The van der Waals surface area contributed by atoms with Gasteiger partial charge in [0, 0.05) is 18.4 Å². The van der Waals surface area contributed by atoms with Crippen molar-refractivity contribution in [2.75, 3.05) is 0 Å². The highest BCUT2D eigenvalue weighted by Crippen LogP contribution is 2.29. The molecule has 2 aromatic rings. The molecule has 1 N–H and O–H groups in total. The Morgan fingerprint density at radius 1 is 1.25 bits per heavy atom. The molecule has 0 bridgehead atoms. The first-order chi connectivity index (χ1) is 9.45. The lowest BCUT2D eigenvalue weighted by molar-refractivity contribution is 0.0695. The highest BCUT2D eigenvalue weighted by atomic mass is 16.4.